The molecule has 3 saturated heterocycles. The van der Waals surface area contributed by atoms with Crippen LogP contribution < -0.4 is 0 Å². The largest absolute Gasteiger partial charge is 0.345 e. The van der Waals surface area contributed by atoms with E-state index in [1.807, 2.05) is 49.3 Å². The first kappa shape index (κ1) is 19.4. The lowest BCUT2D eigenvalue weighted by molar-refractivity contribution is -0.136. The summed E-state index contributed by atoms with van der Waals surface area (Å²) in [6.07, 6.45) is 6.66. The lowest BCUT2D eigenvalue weighted by Crippen LogP contribution is -2.51. The lowest BCUT2D eigenvalue weighted by atomic mass is 9.83. The van der Waals surface area contributed by atoms with Gasteiger partial charge in [0, 0.05) is 33.1 Å². The zero-order valence-electron chi connectivity index (χ0n) is 17.2. The molecule has 0 aromatic heterocycles. The SMILES string of the molecule is CN(C[C@@H]1CCCN2CCCC[C@H]12)C(=O)[C@H]1CC(=O)N(C)[C@@H]1c1ccccc1. The van der Waals surface area contributed by atoms with Crippen LogP contribution in [0.2, 0.25) is 0 Å². The van der Waals surface area contributed by atoms with Crippen LogP contribution in [0.1, 0.15) is 50.1 Å². The quantitative estimate of drug-likeness (QED) is 0.803. The van der Waals surface area contributed by atoms with Gasteiger partial charge in [-0.3, -0.25) is 9.59 Å². The normalized spacial score (nSPS) is 30.9. The van der Waals surface area contributed by atoms with E-state index in [4.69, 9.17) is 0 Å². The summed E-state index contributed by atoms with van der Waals surface area (Å²) in [5.41, 5.74) is 1.05. The Bertz CT molecular complexity index is 705. The van der Waals surface area contributed by atoms with E-state index in [2.05, 4.69) is 4.90 Å². The maximum atomic E-state index is 13.4. The van der Waals surface area contributed by atoms with Crippen LogP contribution in [0.3, 0.4) is 0 Å². The van der Waals surface area contributed by atoms with Gasteiger partial charge in [0.25, 0.3) is 0 Å². The van der Waals surface area contributed by atoms with Crippen molar-refractivity contribution in [3.63, 3.8) is 0 Å². The molecule has 5 heteroatoms. The van der Waals surface area contributed by atoms with Crippen LogP contribution in [0.5, 0.6) is 0 Å². The van der Waals surface area contributed by atoms with Gasteiger partial charge in [-0.2, -0.15) is 0 Å². The Morgan fingerprint density at radius 2 is 1.86 bits per heavy atom. The molecule has 0 N–H and O–H groups in total. The second-order valence-corrected chi connectivity index (χ2v) is 8.89. The Labute approximate surface area is 168 Å². The fourth-order valence-electron chi connectivity index (χ4n) is 5.71. The third kappa shape index (κ3) is 3.69. The Hall–Kier alpha value is -1.88. The number of carbonyl (C=O) groups excluding carboxylic acids is 2. The lowest BCUT2D eigenvalue weighted by Gasteiger charge is -2.45. The number of likely N-dealkylation sites (tertiary alicyclic amines) is 1. The van der Waals surface area contributed by atoms with Gasteiger partial charge < -0.3 is 14.7 Å². The molecule has 152 valence electrons. The highest BCUT2D eigenvalue weighted by molar-refractivity contribution is 5.90. The summed E-state index contributed by atoms with van der Waals surface area (Å²) in [4.78, 5) is 32.1. The van der Waals surface area contributed by atoms with Crippen LogP contribution in [0.4, 0.5) is 0 Å². The van der Waals surface area contributed by atoms with Gasteiger partial charge in [0.05, 0.1) is 12.0 Å². The molecule has 5 nitrogen and oxygen atoms in total. The molecule has 3 heterocycles. The summed E-state index contributed by atoms with van der Waals surface area (Å²) in [6.45, 7) is 3.25. The molecule has 0 aliphatic carbocycles. The Morgan fingerprint density at radius 1 is 1.11 bits per heavy atom. The van der Waals surface area contributed by atoms with E-state index in [0.717, 1.165) is 12.1 Å². The number of carbonyl (C=O) groups is 2. The van der Waals surface area contributed by atoms with Gasteiger partial charge in [-0.05, 0) is 50.3 Å². The molecular weight excluding hydrogens is 350 g/mol. The van der Waals surface area contributed by atoms with Gasteiger partial charge in [0.1, 0.15) is 0 Å². The van der Waals surface area contributed by atoms with Gasteiger partial charge in [0.15, 0.2) is 0 Å². The summed E-state index contributed by atoms with van der Waals surface area (Å²) in [7, 11) is 3.77. The van der Waals surface area contributed by atoms with Crippen LogP contribution in [-0.4, -0.2) is 66.3 Å². The molecule has 2 amide bonds. The summed E-state index contributed by atoms with van der Waals surface area (Å²) < 4.78 is 0. The number of hydrogen-bond donors (Lipinski definition) is 0. The van der Waals surface area contributed by atoms with E-state index in [1.165, 1.54) is 45.2 Å². The average molecular weight is 384 g/mol. The predicted octanol–water partition coefficient (Wildman–Crippen LogP) is 2.93. The van der Waals surface area contributed by atoms with Crippen molar-refractivity contribution in [3.05, 3.63) is 35.9 Å². The molecular formula is C23H33N3O2. The molecule has 0 radical (unpaired) electrons. The Morgan fingerprint density at radius 3 is 2.64 bits per heavy atom. The smallest absolute Gasteiger partial charge is 0.228 e. The van der Waals surface area contributed by atoms with E-state index < -0.39 is 0 Å². The highest BCUT2D eigenvalue weighted by atomic mass is 16.2. The first-order valence-corrected chi connectivity index (χ1v) is 10.9. The second-order valence-electron chi connectivity index (χ2n) is 8.89. The minimum Gasteiger partial charge on any atom is -0.345 e. The minimum atomic E-state index is -0.282. The van der Waals surface area contributed by atoms with Crippen molar-refractivity contribution in [2.45, 2.75) is 50.6 Å². The Balaban J connectivity index is 1.47. The topological polar surface area (TPSA) is 43.9 Å². The standard InChI is InChI=1S/C23H33N3O2/c1-24(16-18-11-8-14-26-13-7-6-12-20(18)26)23(28)19-15-21(27)25(2)22(19)17-9-4-3-5-10-17/h3-5,9-10,18-20,22H,6-8,11-16H2,1-2H3/t18-,19-,20+,22+/m0/s1. The molecule has 4 rings (SSSR count). The van der Waals surface area contributed by atoms with Crippen LogP contribution >= 0.6 is 0 Å². The van der Waals surface area contributed by atoms with Crippen molar-refractivity contribution in [3.8, 4) is 0 Å². The van der Waals surface area contributed by atoms with Crippen molar-refractivity contribution in [1.82, 2.24) is 14.7 Å². The first-order chi connectivity index (χ1) is 13.6. The van der Waals surface area contributed by atoms with E-state index in [9.17, 15) is 9.59 Å². The van der Waals surface area contributed by atoms with Crippen LogP contribution in [0.15, 0.2) is 30.3 Å². The van der Waals surface area contributed by atoms with E-state index in [-0.39, 0.29) is 23.8 Å². The molecule has 3 aliphatic rings. The summed E-state index contributed by atoms with van der Waals surface area (Å²) in [6, 6.07) is 10.5. The number of nitrogens with zero attached hydrogens (tertiary/aromatic N) is 3. The molecule has 0 saturated carbocycles. The van der Waals surface area contributed by atoms with Gasteiger partial charge in [-0.15, -0.1) is 0 Å². The maximum absolute atomic E-state index is 13.4. The fourth-order valence-corrected chi connectivity index (χ4v) is 5.71. The molecule has 0 spiro atoms. The first-order valence-electron chi connectivity index (χ1n) is 10.9. The maximum Gasteiger partial charge on any atom is 0.228 e. The van der Waals surface area contributed by atoms with Crippen LogP contribution in [0, 0.1) is 11.8 Å². The minimum absolute atomic E-state index is 0.0664. The molecule has 1 aromatic carbocycles. The fraction of sp³-hybridized carbons (Fsp3) is 0.652. The van der Waals surface area contributed by atoms with Crippen molar-refractivity contribution >= 4 is 11.8 Å². The molecule has 1 aromatic rings. The molecule has 3 fully saturated rings. The summed E-state index contributed by atoms with van der Waals surface area (Å²) in [5, 5.41) is 0. The number of benzene rings is 1. The molecule has 0 bridgehead atoms. The van der Waals surface area contributed by atoms with Gasteiger partial charge in [-0.25, -0.2) is 0 Å². The number of fused-ring (bicyclic) bond motifs is 1. The van der Waals surface area contributed by atoms with Crippen molar-refractivity contribution in [2.24, 2.45) is 11.8 Å². The molecule has 3 aliphatic heterocycles. The van der Waals surface area contributed by atoms with Gasteiger partial charge in [0.2, 0.25) is 11.8 Å². The van der Waals surface area contributed by atoms with Crippen LogP contribution in [-0.2, 0) is 9.59 Å². The predicted molar refractivity (Wildman–Crippen MR) is 110 cm³/mol. The Kier molecular flexibility index (Phi) is 5.72. The molecule has 4 atom stereocenters. The van der Waals surface area contributed by atoms with Crippen molar-refractivity contribution in [1.29, 1.82) is 0 Å². The highest BCUT2D eigenvalue weighted by Crippen LogP contribution is 2.38. The van der Waals surface area contributed by atoms with Crippen molar-refractivity contribution < 1.29 is 9.59 Å². The van der Waals surface area contributed by atoms with Crippen molar-refractivity contribution in [2.75, 3.05) is 33.7 Å². The zero-order valence-corrected chi connectivity index (χ0v) is 17.2. The highest BCUT2D eigenvalue weighted by Gasteiger charge is 2.44. The average Bonchev–Trinajstić information content (AvgIpc) is 3.03. The molecule has 28 heavy (non-hydrogen) atoms. The number of piperidine rings is 2. The van der Waals surface area contributed by atoms with Gasteiger partial charge in [-0.1, -0.05) is 36.8 Å². The summed E-state index contributed by atoms with van der Waals surface area (Å²) >= 11 is 0. The van der Waals surface area contributed by atoms with E-state index in [1.54, 1.807) is 4.90 Å². The van der Waals surface area contributed by atoms with E-state index >= 15 is 0 Å². The number of hydrogen-bond acceptors (Lipinski definition) is 3. The second kappa shape index (κ2) is 8.24. The number of amides is 2. The van der Waals surface area contributed by atoms with E-state index in [0.29, 0.717) is 18.4 Å². The zero-order chi connectivity index (χ0) is 19.7. The number of rotatable bonds is 4. The van der Waals surface area contributed by atoms with Gasteiger partial charge >= 0.3 is 0 Å². The summed E-state index contributed by atoms with van der Waals surface area (Å²) in [5.74, 6) is 0.472. The monoisotopic (exact) mass is 383 g/mol. The third-order valence-corrected chi connectivity index (χ3v) is 7.16. The third-order valence-electron chi connectivity index (χ3n) is 7.16. The molecule has 0 unspecified atom stereocenters. The van der Waals surface area contributed by atoms with Crippen LogP contribution in [0.25, 0.3) is 0 Å².